The van der Waals surface area contributed by atoms with E-state index in [1.807, 2.05) is 48.5 Å². The number of rotatable bonds is 12. The molecule has 0 N–H and O–H groups in total. The number of benzene rings is 6. The van der Waals surface area contributed by atoms with Crippen LogP contribution in [0.4, 0.5) is 45.5 Å². The summed E-state index contributed by atoms with van der Waals surface area (Å²) in [7, 11) is 0. The molecule has 8 aliphatic heterocycles. The van der Waals surface area contributed by atoms with Gasteiger partial charge in [-0.15, -0.1) is 0 Å². The smallest absolute Gasteiger partial charge is 0.258 e. The molecule has 0 aromatic heterocycles. The van der Waals surface area contributed by atoms with Crippen molar-refractivity contribution >= 4 is 140 Å². The summed E-state index contributed by atoms with van der Waals surface area (Å²) in [6.07, 6.45) is 20.1. The van der Waals surface area contributed by atoms with Crippen molar-refractivity contribution in [1.29, 1.82) is 0 Å². The van der Waals surface area contributed by atoms with Crippen molar-refractivity contribution < 1.29 is 76.7 Å². The van der Waals surface area contributed by atoms with Crippen molar-refractivity contribution in [3.63, 3.8) is 0 Å². The Morgan fingerprint density at radius 3 is 0.552 bits per heavy atom. The first-order chi connectivity index (χ1) is 46.0. The fraction of sp³-hybridized carbons (Fsp3) is 0.0556. The first kappa shape index (κ1) is 63.9. The van der Waals surface area contributed by atoms with Crippen LogP contribution in [0.5, 0.6) is 0 Å². The number of imide groups is 8. The van der Waals surface area contributed by atoms with E-state index in [9.17, 15) is 76.7 Å². The largest absolute Gasteiger partial charge is 0.269 e. The first-order valence-corrected chi connectivity index (χ1v) is 29.1. The van der Waals surface area contributed by atoms with E-state index in [4.69, 9.17) is 0 Å². The van der Waals surface area contributed by atoms with Crippen molar-refractivity contribution in [2.75, 3.05) is 39.2 Å². The minimum atomic E-state index is -0.454. The standard InChI is InChI=1S/C23H18N2O4.C21H14N2O4.2C14H8N2O4/c1-23(2,15-3-7-17(8-4-15)24-19(26)11-12-20(24)27)16-5-9-18(10-6-16)25-21(28)13-14-22(25)29;24-18-9-10-19(25)22(18)16-5-1-14(2-6-16)13-15-3-7-17(8-4-15)23-20(26)11-12-21(23)27;17-11-5-6-12(18)15(11)9-1-2-10(4-3-9)16-13(19)7-8-14(16)20;17-11-4-5-12(18)15(11)9-2-1-3-10(8-9)16-13(19)6-7-14(16)20/h3-14H,1-2H3;1-12H,13H2;2*1-8H. The van der Waals surface area contributed by atoms with Gasteiger partial charge in [0.1, 0.15) is 0 Å². The third kappa shape index (κ3) is 12.9. The Kier molecular flexibility index (Phi) is 17.5. The number of nitrogens with zero attached hydrogens (tertiary/aromatic N) is 8. The molecule has 24 nitrogen and oxygen atoms in total. The van der Waals surface area contributed by atoms with E-state index >= 15 is 0 Å². The summed E-state index contributed by atoms with van der Waals surface area (Å²) in [5.41, 5.74) is 7.17. The molecule has 0 saturated carbocycles. The molecule has 6 aromatic carbocycles. The Labute approximate surface area is 544 Å². The van der Waals surface area contributed by atoms with Gasteiger partial charge < -0.3 is 0 Å². The van der Waals surface area contributed by atoms with Gasteiger partial charge in [-0.05, 0) is 120 Å². The van der Waals surface area contributed by atoms with Crippen LogP contribution in [-0.4, -0.2) is 94.5 Å². The molecule has 8 aliphatic rings. The Morgan fingerprint density at radius 1 is 0.208 bits per heavy atom. The van der Waals surface area contributed by atoms with Gasteiger partial charge in [-0.1, -0.05) is 68.4 Å². The van der Waals surface area contributed by atoms with Crippen LogP contribution in [0.25, 0.3) is 0 Å². The monoisotopic (exact) mass is 1280 g/mol. The van der Waals surface area contributed by atoms with Crippen LogP contribution in [0, 0.1) is 0 Å². The average Bonchev–Trinajstić information content (AvgIpc) is 1.16. The second kappa shape index (κ2) is 26.3. The zero-order valence-corrected chi connectivity index (χ0v) is 50.4. The number of amides is 16. The highest BCUT2D eigenvalue weighted by Crippen LogP contribution is 2.35. The third-order valence-electron chi connectivity index (χ3n) is 15.7. The van der Waals surface area contributed by atoms with E-state index in [2.05, 4.69) is 13.8 Å². The zero-order chi connectivity index (χ0) is 68.3. The van der Waals surface area contributed by atoms with Gasteiger partial charge in [-0.2, -0.15) is 0 Å². The molecule has 0 radical (unpaired) electrons. The topological polar surface area (TPSA) is 299 Å². The highest BCUT2D eigenvalue weighted by molar-refractivity contribution is 6.33. The van der Waals surface area contributed by atoms with E-state index in [-0.39, 0.29) is 52.7 Å². The molecule has 472 valence electrons. The molecule has 96 heavy (non-hydrogen) atoms. The second-order valence-electron chi connectivity index (χ2n) is 22.0. The molecular weight excluding hydrogens is 1230 g/mol. The molecule has 8 heterocycles. The molecule has 0 fully saturated rings. The SMILES string of the molecule is CC(C)(c1ccc(N2C(=O)C=CC2=O)cc1)c1ccc(N2C(=O)C=CC2=O)cc1.O=C1C=CC(=O)N1c1ccc(Cc2ccc(N3C(=O)C=CC3=O)cc2)cc1.O=C1C=CC(=O)N1c1ccc(N2C(=O)C=CC2=O)cc1.O=C1C=CC(=O)N1c1cccc(N2C(=O)C=CC2=O)c1. The van der Waals surface area contributed by atoms with Crippen LogP contribution < -0.4 is 39.2 Å². The number of carbonyl (C=O) groups excluding carboxylic acids is 16. The highest BCUT2D eigenvalue weighted by atomic mass is 16.2. The maximum atomic E-state index is 11.8. The van der Waals surface area contributed by atoms with E-state index in [1.54, 1.807) is 66.7 Å². The van der Waals surface area contributed by atoms with Crippen molar-refractivity contribution in [2.45, 2.75) is 25.7 Å². The third-order valence-corrected chi connectivity index (χ3v) is 15.7. The molecule has 0 spiro atoms. The maximum Gasteiger partial charge on any atom is 0.258 e. The quantitative estimate of drug-likeness (QED) is 0.125. The lowest BCUT2D eigenvalue weighted by molar-refractivity contribution is -0.121. The Morgan fingerprint density at radius 2 is 0.365 bits per heavy atom. The van der Waals surface area contributed by atoms with Crippen LogP contribution in [0.15, 0.2) is 243 Å². The summed E-state index contributed by atoms with van der Waals surface area (Å²) in [6.45, 7) is 4.11. The molecule has 0 saturated heterocycles. The molecular formula is C72H48N8O16. The molecule has 14 rings (SSSR count). The molecule has 0 atom stereocenters. The van der Waals surface area contributed by atoms with Crippen molar-refractivity contribution in [3.8, 4) is 0 Å². The van der Waals surface area contributed by atoms with Gasteiger partial charge in [-0.3, -0.25) is 76.7 Å². The number of anilines is 8. The summed E-state index contributed by atoms with van der Waals surface area (Å²) >= 11 is 0. The lowest BCUT2D eigenvalue weighted by Crippen LogP contribution is -2.31. The summed E-state index contributed by atoms with van der Waals surface area (Å²) in [5, 5.41) is 0. The van der Waals surface area contributed by atoms with E-state index < -0.39 is 47.3 Å². The van der Waals surface area contributed by atoms with Crippen molar-refractivity contribution in [3.05, 3.63) is 265 Å². The number of carbonyl (C=O) groups is 16. The van der Waals surface area contributed by atoms with Gasteiger partial charge in [0.15, 0.2) is 0 Å². The van der Waals surface area contributed by atoms with Gasteiger partial charge in [0, 0.05) is 103 Å². The highest BCUT2D eigenvalue weighted by Gasteiger charge is 2.33. The fourth-order valence-electron chi connectivity index (χ4n) is 10.7. The fourth-order valence-corrected chi connectivity index (χ4v) is 10.7. The van der Waals surface area contributed by atoms with Crippen LogP contribution in [0.2, 0.25) is 0 Å². The molecule has 0 bridgehead atoms. The van der Waals surface area contributed by atoms with Crippen molar-refractivity contribution in [2.24, 2.45) is 0 Å². The lowest BCUT2D eigenvalue weighted by atomic mass is 9.78. The van der Waals surface area contributed by atoms with Gasteiger partial charge in [0.2, 0.25) is 0 Å². The Bertz CT molecular complexity index is 4270. The molecule has 6 aromatic rings. The van der Waals surface area contributed by atoms with E-state index in [0.717, 1.165) is 61.5 Å². The minimum Gasteiger partial charge on any atom is -0.269 e. The van der Waals surface area contributed by atoms with Gasteiger partial charge in [0.25, 0.3) is 94.5 Å². The van der Waals surface area contributed by atoms with Gasteiger partial charge in [-0.25, -0.2) is 39.2 Å². The first-order valence-electron chi connectivity index (χ1n) is 29.1. The number of hydrogen-bond donors (Lipinski definition) is 0. The predicted molar refractivity (Wildman–Crippen MR) is 347 cm³/mol. The average molecular weight is 1280 g/mol. The van der Waals surface area contributed by atoms with Gasteiger partial charge in [0.05, 0.1) is 45.5 Å². The lowest BCUT2D eigenvalue weighted by Gasteiger charge is -2.27. The molecule has 16 amide bonds. The Hall–Kier alpha value is -13.6. The minimum absolute atomic E-state index is 0.315. The summed E-state index contributed by atoms with van der Waals surface area (Å²) < 4.78 is 0. The summed E-state index contributed by atoms with van der Waals surface area (Å²) in [4.78, 5) is 195. The maximum absolute atomic E-state index is 11.8. The molecule has 24 heteroatoms. The molecule has 0 aliphatic carbocycles. The van der Waals surface area contributed by atoms with Crippen LogP contribution >= 0.6 is 0 Å². The van der Waals surface area contributed by atoms with E-state index in [1.165, 1.54) is 128 Å². The second-order valence-corrected chi connectivity index (χ2v) is 22.0. The Balaban J connectivity index is 0.000000132. The molecule has 0 unspecified atom stereocenters. The van der Waals surface area contributed by atoms with Crippen LogP contribution in [-0.2, 0) is 88.5 Å². The summed E-state index contributed by atoms with van der Waals surface area (Å²) in [5.74, 6) is -6.26. The van der Waals surface area contributed by atoms with Crippen LogP contribution in [0.3, 0.4) is 0 Å². The van der Waals surface area contributed by atoms with Gasteiger partial charge >= 0.3 is 0 Å². The summed E-state index contributed by atoms with van der Waals surface area (Å²) in [6, 6.07) is 41.1. The normalized spacial score (nSPS) is 16.9. The predicted octanol–water partition coefficient (Wildman–Crippen LogP) is 6.10. The van der Waals surface area contributed by atoms with Crippen LogP contribution in [0.1, 0.15) is 36.1 Å². The number of hydrogen-bond acceptors (Lipinski definition) is 16. The zero-order valence-electron chi connectivity index (χ0n) is 50.4. The van der Waals surface area contributed by atoms with Crippen molar-refractivity contribution in [1.82, 2.24) is 0 Å². The van der Waals surface area contributed by atoms with E-state index in [0.29, 0.717) is 51.9 Å².